The van der Waals surface area contributed by atoms with Gasteiger partial charge in [0.05, 0.1) is 0 Å². The molecule has 0 saturated carbocycles. The van der Waals surface area contributed by atoms with Crippen LogP contribution in [0.4, 0.5) is 11.6 Å². The summed E-state index contributed by atoms with van der Waals surface area (Å²) in [6, 6.07) is 0.316. The van der Waals surface area contributed by atoms with E-state index in [1.54, 1.807) is 0 Å². The molecule has 0 fully saturated rings. The van der Waals surface area contributed by atoms with Crippen molar-refractivity contribution < 1.29 is 0 Å². The van der Waals surface area contributed by atoms with Crippen molar-refractivity contribution in [2.45, 2.75) is 32.7 Å². The average Bonchev–Trinajstić information content (AvgIpc) is 2.15. The monoisotopic (exact) mass is 237 g/mol. The highest BCUT2D eigenvalue weighted by atomic mass is 15.1. The molecule has 0 amide bonds. The fourth-order valence-corrected chi connectivity index (χ4v) is 1.92. The van der Waals surface area contributed by atoms with Crippen molar-refractivity contribution in [1.82, 2.24) is 14.9 Å². The van der Waals surface area contributed by atoms with Crippen molar-refractivity contribution in [2.75, 3.05) is 31.7 Å². The fraction of sp³-hybridized carbons (Fsp3) is 0.667. The second kappa shape index (κ2) is 5.82. The van der Waals surface area contributed by atoms with Gasteiger partial charge in [-0.25, -0.2) is 9.97 Å². The number of nitrogens with one attached hydrogen (secondary N) is 1. The molecule has 1 atom stereocenters. The quantitative estimate of drug-likeness (QED) is 0.813. The largest absolute Gasteiger partial charge is 0.383 e. The molecule has 0 radical (unpaired) electrons. The zero-order valence-corrected chi connectivity index (χ0v) is 11.4. The number of nitrogens with zero attached hydrogens (tertiary/aromatic N) is 3. The lowest BCUT2D eigenvalue weighted by Crippen LogP contribution is -2.30. The third kappa shape index (κ3) is 3.85. The van der Waals surface area contributed by atoms with Crippen molar-refractivity contribution in [3.63, 3.8) is 0 Å². The van der Waals surface area contributed by atoms with Crippen LogP contribution >= 0.6 is 0 Å². The van der Waals surface area contributed by atoms with Crippen LogP contribution in [0.5, 0.6) is 0 Å². The first-order valence-corrected chi connectivity index (χ1v) is 5.93. The predicted molar refractivity (Wildman–Crippen MR) is 72.2 cm³/mol. The highest BCUT2D eigenvalue weighted by Crippen LogP contribution is 2.26. The standard InChI is InChI=1S/C12H23N5/c1-8(2)10-11(13)14-7-15-12(10)16-9(3)6-17(4)5/h7-9H,6H2,1-5H3,(H3,13,14,15,16). The maximum Gasteiger partial charge on any atom is 0.135 e. The van der Waals surface area contributed by atoms with E-state index in [0.717, 1.165) is 17.9 Å². The molecule has 1 unspecified atom stereocenters. The van der Waals surface area contributed by atoms with Crippen LogP contribution in [0.15, 0.2) is 6.33 Å². The van der Waals surface area contributed by atoms with E-state index < -0.39 is 0 Å². The molecule has 0 spiro atoms. The van der Waals surface area contributed by atoms with Gasteiger partial charge < -0.3 is 16.0 Å². The zero-order valence-electron chi connectivity index (χ0n) is 11.4. The van der Waals surface area contributed by atoms with Gasteiger partial charge in [0, 0.05) is 18.2 Å². The fourth-order valence-electron chi connectivity index (χ4n) is 1.92. The number of anilines is 2. The van der Waals surface area contributed by atoms with Gasteiger partial charge >= 0.3 is 0 Å². The van der Waals surface area contributed by atoms with Gasteiger partial charge in [0.15, 0.2) is 0 Å². The SMILES string of the molecule is CC(CN(C)C)Nc1ncnc(N)c1C(C)C. The first kappa shape index (κ1) is 13.7. The molecule has 5 heteroatoms. The third-order valence-electron chi connectivity index (χ3n) is 2.51. The van der Waals surface area contributed by atoms with Crippen LogP contribution < -0.4 is 11.1 Å². The Kier molecular flexibility index (Phi) is 4.69. The molecule has 1 rings (SSSR count). The van der Waals surface area contributed by atoms with E-state index in [9.17, 15) is 0 Å². The van der Waals surface area contributed by atoms with Gasteiger partial charge in [-0.2, -0.15) is 0 Å². The Morgan fingerprint density at radius 2 is 1.94 bits per heavy atom. The van der Waals surface area contributed by atoms with E-state index >= 15 is 0 Å². The van der Waals surface area contributed by atoms with Crippen LogP contribution in [0, 0.1) is 0 Å². The minimum absolute atomic E-state index is 0.310. The predicted octanol–water partition coefficient (Wildman–Crippen LogP) is 1.54. The first-order chi connectivity index (χ1) is 7.91. The van der Waals surface area contributed by atoms with Crippen LogP contribution in [0.25, 0.3) is 0 Å². The summed E-state index contributed by atoms with van der Waals surface area (Å²) in [5.41, 5.74) is 6.90. The molecular formula is C12H23N5. The molecule has 3 N–H and O–H groups in total. The molecule has 96 valence electrons. The molecule has 0 aliphatic rings. The lowest BCUT2D eigenvalue weighted by molar-refractivity contribution is 0.391. The second-order valence-corrected chi connectivity index (χ2v) is 4.98. The number of hydrogen-bond acceptors (Lipinski definition) is 5. The van der Waals surface area contributed by atoms with E-state index in [-0.39, 0.29) is 0 Å². The molecule has 1 aromatic rings. The van der Waals surface area contributed by atoms with Crippen LogP contribution in [-0.4, -0.2) is 41.5 Å². The van der Waals surface area contributed by atoms with Gasteiger partial charge in [-0.1, -0.05) is 13.8 Å². The summed E-state index contributed by atoms with van der Waals surface area (Å²) in [6.07, 6.45) is 1.51. The molecular weight excluding hydrogens is 214 g/mol. The van der Waals surface area contributed by atoms with E-state index in [1.165, 1.54) is 6.33 Å². The van der Waals surface area contributed by atoms with Crippen LogP contribution in [-0.2, 0) is 0 Å². The molecule has 17 heavy (non-hydrogen) atoms. The summed E-state index contributed by atoms with van der Waals surface area (Å²) in [5, 5.41) is 3.39. The van der Waals surface area contributed by atoms with Crippen LogP contribution in [0.3, 0.4) is 0 Å². The van der Waals surface area contributed by atoms with E-state index in [0.29, 0.717) is 17.8 Å². The normalized spacial score (nSPS) is 13.1. The second-order valence-electron chi connectivity index (χ2n) is 4.98. The van der Waals surface area contributed by atoms with Crippen LogP contribution in [0.2, 0.25) is 0 Å². The maximum absolute atomic E-state index is 5.90. The molecule has 1 aromatic heterocycles. The Hall–Kier alpha value is -1.36. The number of likely N-dealkylation sites (N-methyl/N-ethyl adjacent to an activating group) is 1. The smallest absolute Gasteiger partial charge is 0.135 e. The van der Waals surface area contributed by atoms with Crippen LogP contribution in [0.1, 0.15) is 32.3 Å². The highest BCUT2D eigenvalue weighted by Gasteiger charge is 2.14. The van der Waals surface area contributed by atoms with Crippen molar-refractivity contribution >= 4 is 11.6 Å². The molecule has 0 saturated heterocycles. The Labute approximate surface area is 103 Å². The summed E-state index contributed by atoms with van der Waals surface area (Å²) in [6.45, 7) is 7.26. The Balaban J connectivity index is 2.87. The minimum atomic E-state index is 0.310. The summed E-state index contributed by atoms with van der Waals surface area (Å²) in [7, 11) is 4.10. The maximum atomic E-state index is 5.90. The topological polar surface area (TPSA) is 67.1 Å². The number of rotatable bonds is 5. The highest BCUT2D eigenvalue weighted by molar-refractivity contribution is 5.56. The number of hydrogen-bond donors (Lipinski definition) is 2. The summed E-state index contributed by atoms with van der Waals surface area (Å²) in [5.74, 6) is 1.72. The van der Waals surface area contributed by atoms with Crippen molar-refractivity contribution in [3.8, 4) is 0 Å². The number of aromatic nitrogens is 2. The first-order valence-electron chi connectivity index (χ1n) is 5.93. The Morgan fingerprint density at radius 3 is 2.47 bits per heavy atom. The molecule has 0 aliphatic carbocycles. The van der Waals surface area contributed by atoms with Gasteiger partial charge in [-0.3, -0.25) is 0 Å². The van der Waals surface area contributed by atoms with Crippen molar-refractivity contribution in [2.24, 2.45) is 0 Å². The molecule has 1 heterocycles. The number of nitrogen functional groups attached to an aromatic ring is 1. The van der Waals surface area contributed by atoms with E-state index in [2.05, 4.69) is 55.1 Å². The van der Waals surface area contributed by atoms with E-state index in [1.807, 2.05) is 0 Å². The zero-order chi connectivity index (χ0) is 13.0. The molecule has 0 bridgehead atoms. The van der Waals surface area contributed by atoms with Gasteiger partial charge in [0.2, 0.25) is 0 Å². The molecule has 0 aliphatic heterocycles. The Morgan fingerprint density at radius 1 is 1.29 bits per heavy atom. The van der Waals surface area contributed by atoms with Gasteiger partial charge in [0.25, 0.3) is 0 Å². The molecule has 5 nitrogen and oxygen atoms in total. The number of nitrogens with two attached hydrogens (primary N) is 1. The Bertz CT molecular complexity index is 362. The third-order valence-corrected chi connectivity index (χ3v) is 2.51. The van der Waals surface area contributed by atoms with Gasteiger partial charge in [-0.15, -0.1) is 0 Å². The van der Waals surface area contributed by atoms with Crippen molar-refractivity contribution in [1.29, 1.82) is 0 Å². The summed E-state index contributed by atoms with van der Waals surface area (Å²) < 4.78 is 0. The van der Waals surface area contributed by atoms with Gasteiger partial charge in [0.1, 0.15) is 18.0 Å². The lowest BCUT2D eigenvalue weighted by Gasteiger charge is -2.21. The van der Waals surface area contributed by atoms with Gasteiger partial charge in [-0.05, 0) is 26.9 Å². The average molecular weight is 237 g/mol. The van der Waals surface area contributed by atoms with E-state index in [4.69, 9.17) is 5.73 Å². The minimum Gasteiger partial charge on any atom is -0.383 e. The lowest BCUT2D eigenvalue weighted by atomic mass is 10.0. The summed E-state index contributed by atoms with van der Waals surface area (Å²) >= 11 is 0. The molecule has 0 aromatic carbocycles. The van der Waals surface area contributed by atoms with Crippen molar-refractivity contribution in [3.05, 3.63) is 11.9 Å². The summed E-state index contributed by atoms with van der Waals surface area (Å²) in [4.78, 5) is 10.5.